The van der Waals surface area contributed by atoms with E-state index >= 15 is 0 Å². The van der Waals surface area contributed by atoms with Crippen LogP contribution in [0.2, 0.25) is 5.02 Å². The summed E-state index contributed by atoms with van der Waals surface area (Å²) in [6, 6.07) is 14.3. The standard InChI is InChI=1S/C25H30ClNO2/c1-27-15-21(20-12-13-24(29-2)23(26)14-20)22(16-27)25(28)19-10-8-18(9-11-19)17-6-4-3-5-7-17/h8-14,17,21-22H,3-7,15-16H2,1-2H3. The molecule has 2 atom stereocenters. The second-order valence-corrected chi connectivity index (χ2v) is 9.06. The van der Waals surface area contributed by atoms with Crippen molar-refractivity contribution in [2.45, 2.75) is 43.9 Å². The maximum Gasteiger partial charge on any atom is 0.167 e. The topological polar surface area (TPSA) is 29.5 Å². The maximum atomic E-state index is 13.4. The number of likely N-dealkylation sites (tertiary alicyclic amines) is 1. The average molecular weight is 412 g/mol. The number of Topliss-reactive ketones (excluding diaryl/α,β-unsaturated/α-hetero) is 1. The van der Waals surface area contributed by atoms with Gasteiger partial charge in [0, 0.05) is 30.5 Å². The maximum absolute atomic E-state index is 13.4. The van der Waals surface area contributed by atoms with Gasteiger partial charge in [-0.25, -0.2) is 0 Å². The van der Waals surface area contributed by atoms with Gasteiger partial charge in [0.2, 0.25) is 0 Å². The molecule has 1 heterocycles. The molecule has 1 aliphatic heterocycles. The summed E-state index contributed by atoms with van der Waals surface area (Å²) in [5.41, 5.74) is 3.33. The number of hydrogen-bond donors (Lipinski definition) is 0. The minimum absolute atomic E-state index is 0.0509. The van der Waals surface area contributed by atoms with Crippen LogP contribution in [-0.4, -0.2) is 37.9 Å². The molecule has 0 amide bonds. The van der Waals surface area contributed by atoms with Crippen LogP contribution < -0.4 is 4.74 Å². The molecule has 2 unspecified atom stereocenters. The molecule has 0 spiro atoms. The van der Waals surface area contributed by atoms with Crippen LogP contribution in [0.25, 0.3) is 0 Å². The SMILES string of the molecule is COc1ccc(C2CN(C)CC2C(=O)c2ccc(C3CCCCC3)cc2)cc1Cl. The predicted molar refractivity (Wildman–Crippen MR) is 118 cm³/mol. The second kappa shape index (κ2) is 8.89. The van der Waals surface area contributed by atoms with Crippen molar-refractivity contribution in [1.29, 1.82) is 0 Å². The van der Waals surface area contributed by atoms with Crippen LogP contribution in [-0.2, 0) is 0 Å². The van der Waals surface area contributed by atoms with Gasteiger partial charge in [-0.05, 0) is 49.1 Å². The Balaban J connectivity index is 1.54. The van der Waals surface area contributed by atoms with E-state index in [-0.39, 0.29) is 17.6 Å². The van der Waals surface area contributed by atoms with Gasteiger partial charge in [-0.15, -0.1) is 0 Å². The third kappa shape index (κ3) is 4.36. The van der Waals surface area contributed by atoms with Crippen LogP contribution >= 0.6 is 11.6 Å². The lowest BCUT2D eigenvalue weighted by atomic mass is 9.82. The summed E-state index contributed by atoms with van der Waals surface area (Å²) in [5.74, 6) is 1.67. The summed E-state index contributed by atoms with van der Waals surface area (Å²) in [5, 5.41) is 0.600. The van der Waals surface area contributed by atoms with Gasteiger partial charge in [0.05, 0.1) is 12.1 Å². The van der Waals surface area contributed by atoms with E-state index in [0.29, 0.717) is 16.7 Å². The summed E-state index contributed by atoms with van der Waals surface area (Å²) < 4.78 is 5.28. The van der Waals surface area contributed by atoms with Gasteiger partial charge in [0.15, 0.2) is 5.78 Å². The van der Waals surface area contributed by atoms with E-state index in [1.165, 1.54) is 37.7 Å². The Bertz CT molecular complexity index is 858. The number of carbonyl (C=O) groups is 1. The molecular formula is C25H30ClNO2. The van der Waals surface area contributed by atoms with Crippen LogP contribution in [0.15, 0.2) is 42.5 Å². The minimum Gasteiger partial charge on any atom is -0.495 e. The summed E-state index contributed by atoms with van der Waals surface area (Å²) >= 11 is 6.36. The van der Waals surface area contributed by atoms with Crippen LogP contribution in [0.1, 0.15) is 65.4 Å². The fraction of sp³-hybridized carbons (Fsp3) is 0.480. The number of carbonyl (C=O) groups excluding carboxylic acids is 1. The fourth-order valence-corrected chi connectivity index (χ4v) is 5.35. The number of halogens is 1. The number of likely N-dealkylation sites (N-methyl/N-ethyl adjacent to an activating group) is 1. The molecule has 29 heavy (non-hydrogen) atoms. The number of benzene rings is 2. The quantitative estimate of drug-likeness (QED) is 0.571. The van der Waals surface area contributed by atoms with Crippen LogP contribution in [0.5, 0.6) is 5.75 Å². The van der Waals surface area contributed by atoms with Crippen molar-refractivity contribution < 1.29 is 9.53 Å². The van der Waals surface area contributed by atoms with Crippen molar-refractivity contribution in [2.75, 3.05) is 27.2 Å². The second-order valence-electron chi connectivity index (χ2n) is 8.65. The van der Waals surface area contributed by atoms with Crippen molar-refractivity contribution in [3.05, 3.63) is 64.2 Å². The molecule has 154 valence electrons. The highest BCUT2D eigenvalue weighted by Gasteiger charge is 2.37. The number of ether oxygens (including phenoxy) is 1. The van der Waals surface area contributed by atoms with Crippen LogP contribution in [0.4, 0.5) is 0 Å². The minimum atomic E-state index is -0.0509. The Hall–Kier alpha value is -1.84. The molecule has 4 heteroatoms. The number of rotatable bonds is 5. The van der Waals surface area contributed by atoms with E-state index in [4.69, 9.17) is 16.3 Å². The molecule has 0 N–H and O–H groups in total. The average Bonchev–Trinajstić information content (AvgIpc) is 3.15. The molecule has 3 nitrogen and oxygen atoms in total. The van der Waals surface area contributed by atoms with E-state index in [1.807, 2.05) is 30.3 Å². The molecule has 1 aliphatic carbocycles. The van der Waals surface area contributed by atoms with E-state index < -0.39 is 0 Å². The lowest BCUT2D eigenvalue weighted by Gasteiger charge is -2.22. The Morgan fingerprint density at radius 1 is 1.00 bits per heavy atom. The number of methoxy groups -OCH3 is 1. The summed E-state index contributed by atoms with van der Waals surface area (Å²) in [4.78, 5) is 15.6. The van der Waals surface area contributed by atoms with Gasteiger partial charge in [-0.1, -0.05) is 61.2 Å². The van der Waals surface area contributed by atoms with Crippen molar-refractivity contribution in [3.63, 3.8) is 0 Å². The third-order valence-electron chi connectivity index (χ3n) is 6.71. The Morgan fingerprint density at radius 2 is 1.69 bits per heavy atom. The van der Waals surface area contributed by atoms with Crippen molar-refractivity contribution in [3.8, 4) is 5.75 Å². The zero-order valence-corrected chi connectivity index (χ0v) is 18.1. The number of nitrogens with zero attached hydrogens (tertiary/aromatic N) is 1. The summed E-state index contributed by atoms with van der Waals surface area (Å²) in [7, 11) is 3.70. The van der Waals surface area contributed by atoms with E-state index in [2.05, 4.69) is 24.1 Å². The van der Waals surface area contributed by atoms with E-state index in [1.54, 1.807) is 7.11 Å². The first-order chi connectivity index (χ1) is 14.1. The fourth-order valence-electron chi connectivity index (χ4n) is 5.09. The predicted octanol–water partition coefficient (Wildman–Crippen LogP) is 5.92. The van der Waals surface area contributed by atoms with Crippen molar-refractivity contribution in [1.82, 2.24) is 4.90 Å². The molecule has 0 aromatic heterocycles. The summed E-state index contributed by atoms with van der Waals surface area (Å²) in [6.07, 6.45) is 6.57. The van der Waals surface area contributed by atoms with Crippen LogP contribution in [0.3, 0.4) is 0 Å². The Labute approximate surface area is 179 Å². The highest BCUT2D eigenvalue weighted by atomic mass is 35.5. The zero-order chi connectivity index (χ0) is 20.4. The molecule has 2 aromatic rings. The number of ketones is 1. The van der Waals surface area contributed by atoms with Gasteiger partial charge in [-0.3, -0.25) is 4.79 Å². The molecule has 2 aromatic carbocycles. The van der Waals surface area contributed by atoms with Gasteiger partial charge < -0.3 is 9.64 Å². The molecule has 1 saturated heterocycles. The molecule has 0 bridgehead atoms. The molecule has 4 rings (SSSR count). The highest BCUT2D eigenvalue weighted by Crippen LogP contribution is 2.38. The molecule has 2 fully saturated rings. The number of hydrogen-bond acceptors (Lipinski definition) is 3. The van der Waals surface area contributed by atoms with Gasteiger partial charge in [-0.2, -0.15) is 0 Å². The van der Waals surface area contributed by atoms with Crippen molar-refractivity contribution in [2.24, 2.45) is 5.92 Å². The lowest BCUT2D eigenvalue weighted by molar-refractivity contribution is 0.0915. The van der Waals surface area contributed by atoms with Gasteiger partial charge >= 0.3 is 0 Å². The molecule has 2 aliphatic rings. The molecule has 1 saturated carbocycles. The summed E-state index contributed by atoms with van der Waals surface area (Å²) in [6.45, 7) is 1.64. The first-order valence-electron chi connectivity index (χ1n) is 10.7. The lowest BCUT2D eigenvalue weighted by Crippen LogP contribution is -2.22. The van der Waals surface area contributed by atoms with E-state index in [9.17, 15) is 4.79 Å². The first-order valence-corrected chi connectivity index (χ1v) is 11.1. The Kier molecular flexibility index (Phi) is 6.26. The first kappa shape index (κ1) is 20.4. The van der Waals surface area contributed by atoms with E-state index in [0.717, 1.165) is 24.2 Å². The molecular weight excluding hydrogens is 382 g/mol. The monoisotopic (exact) mass is 411 g/mol. The van der Waals surface area contributed by atoms with Gasteiger partial charge in [0.25, 0.3) is 0 Å². The normalized spacial score (nSPS) is 23.3. The molecule has 0 radical (unpaired) electrons. The van der Waals surface area contributed by atoms with Crippen LogP contribution in [0, 0.1) is 5.92 Å². The largest absolute Gasteiger partial charge is 0.495 e. The Morgan fingerprint density at radius 3 is 2.34 bits per heavy atom. The zero-order valence-electron chi connectivity index (χ0n) is 17.4. The highest BCUT2D eigenvalue weighted by molar-refractivity contribution is 6.32. The van der Waals surface area contributed by atoms with Gasteiger partial charge in [0.1, 0.15) is 5.75 Å². The third-order valence-corrected chi connectivity index (χ3v) is 7.01. The van der Waals surface area contributed by atoms with Crippen molar-refractivity contribution >= 4 is 17.4 Å². The smallest absolute Gasteiger partial charge is 0.167 e.